The maximum absolute atomic E-state index is 12.6. The van der Waals surface area contributed by atoms with Gasteiger partial charge in [-0.25, -0.2) is 13.1 Å². The van der Waals surface area contributed by atoms with Gasteiger partial charge in [-0.1, -0.05) is 12.1 Å². The summed E-state index contributed by atoms with van der Waals surface area (Å²) in [7, 11) is -3.69. The lowest BCUT2D eigenvalue weighted by Gasteiger charge is -2.28. The second-order valence-corrected chi connectivity index (χ2v) is 8.48. The highest BCUT2D eigenvalue weighted by atomic mass is 32.2. The number of hydrogen-bond acceptors (Lipinski definition) is 7. The molecule has 1 saturated heterocycles. The number of nitrogens with one attached hydrogen (secondary N) is 2. The predicted molar refractivity (Wildman–Crippen MR) is 106 cm³/mol. The Labute approximate surface area is 172 Å². The van der Waals surface area contributed by atoms with Crippen molar-refractivity contribution in [2.75, 3.05) is 49.6 Å². The van der Waals surface area contributed by atoms with E-state index in [-0.39, 0.29) is 18.7 Å². The molecular weight excluding hydrogens is 423 g/mol. The van der Waals surface area contributed by atoms with E-state index in [1.54, 1.807) is 6.20 Å². The van der Waals surface area contributed by atoms with Gasteiger partial charge in [0.1, 0.15) is 0 Å². The zero-order valence-electron chi connectivity index (χ0n) is 16.0. The molecule has 2 N–H and O–H groups in total. The van der Waals surface area contributed by atoms with E-state index in [0.717, 1.165) is 43.0 Å². The smallest absolute Gasteiger partial charge is 0.378 e. The number of benzene rings is 1. The normalized spacial score (nSPS) is 15.2. The molecule has 0 aliphatic carbocycles. The van der Waals surface area contributed by atoms with E-state index in [9.17, 15) is 21.6 Å². The van der Waals surface area contributed by atoms with E-state index < -0.39 is 27.5 Å². The molecule has 0 amide bonds. The minimum Gasteiger partial charge on any atom is -0.378 e. The van der Waals surface area contributed by atoms with Crippen LogP contribution in [0.5, 0.6) is 0 Å². The standard InChI is InChI=1S/C18H22F3N5O3S/c19-18(20,21)15-3-1-14(2-4-15)13-30(27,28)24-6-5-22-17-11-16(12-23-25-17)26-7-9-29-10-8-26/h1-4,11-12,24H,5-10,13H2,(H,22,25). The Balaban J connectivity index is 1.46. The van der Waals surface area contributed by atoms with Gasteiger partial charge in [0, 0.05) is 32.2 Å². The maximum Gasteiger partial charge on any atom is 0.416 e. The van der Waals surface area contributed by atoms with E-state index >= 15 is 0 Å². The second kappa shape index (κ2) is 9.58. The third-order valence-electron chi connectivity index (χ3n) is 4.41. The van der Waals surface area contributed by atoms with E-state index in [4.69, 9.17) is 4.74 Å². The molecule has 1 aromatic heterocycles. The van der Waals surface area contributed by atoms with Crippen molar-refractivity contribution in [3.05, 3.63) is 47.7 Å². The Hall–Kier alpha value is -2.44. The van der Waals surface area contributed by atoms with Crippen molar-refractivity contribution in [2.24, 2.45) is 0 Å². The largest absolute Gasteiger partial charge is 0.416 e. The molecule has 8 nitrogen and oxygen atoms in total. The van der Waals surface area contributed by atoms with Crippen LogP contribution in [0.4, 0.5) is 24.7 Å². The Kier molecular flexibility index (Phi) is 7.10. The molecule has 1 aliphatic heterocycles. The van der Waals surface area contributed by atoms with Crippen molar-refractivity contribution in [3.8, 4) is 0 Å². The molecule has 3 rings (SSSR count). The number of rotatable bonds is 8. The average molecular weight is 445 g/mol. The Bertz CT molecular complexity index is 933. The molecule has 0 radical (unpaired) electrons. The summed E-state index contributed by atoms with van der Waals surface area (Å²) in [6, 6.07) is 5.88. The number of anilines is 2. The Morgan fingerprint density at radius 2 is 1.80 bits per heavy atom. The number of hydrogen-bond donors (Lipinski definition) is 2. The summed E-state index contributed by atoms with van der Waals surface area (Å²) in [5, 5.41) is 10.9. The van der Waals surface area contributed by atoms with Crippen LogP contribution in [-0.4, -0.2) is 58.0 Å². The van der Waals surface area contributed by atoms with Crippen molar-refractivity contribution in [1.82, 2.24) is 14.9 Å². The summed E-state index contributed by atoms with van der Waals surface area (Å²) < 4.78 is 69.8. The first-order chi connectivity index (χ1) is 14.2. The Morgan fingerprint density at radius 3 is 2.47 bits per heavy atom. The summed E-state index contributed by atoms with van der Waals surface area (Å²) >= 11 is 0. The topological polar surface area (TPSA) is 96.5 Å². The fourth-order valence-electron chi connectivity index (χ4n) is 2.89. The molecule has 0 spiro atoms. The highest BCUT2D eigenvalue weighted by Gasteiger charge is 2.30. The SMILES string of the molecule is O=S(=O)(Cc1ccc(C(F)(F)F)cc1)NCCNc1cc(N2CCOCC2)cnn1. The van der Waals surface area contributed by atoms with E-state index in [1.807, 2.05) is 6.07 Å². The summed E-state index contributed by atoms with van der Waals surface area (Å²) in [5.41, 5.74) is 0.354. The number of aromatic nitrogens is 2. The number of sulfonamides is 1. The van der Waals surface area contributed by atoms with Crippen LogP contribution in [0.2, 0.25) is 0 Å². The van der Waals surface area contributed by atoms with Gasteiger partial charge in [0.05, 0.1) is 36.4 Å². The van der Waals surface area contributed by atoms with Gasteiger partial charge in [-0.15, -0.1) is 5.10 Å². The number of alkyl halides is 3. The molecule has 164 valence electrons. The summed E-state index contributed by atoms with van der Waals surface area (Å²) in [4.78, 5) is 2.12. The number of nitrogens with zero attached hydrogens (tertiary/aromatic N) is 3. The van der Waals surface area contributed by atoms with Gasteiger partial charge in [-0.3, -0.25) is 0 Å². The fourth-order valence-corrected chi connectivity index (χ4v) is 4.04. The van der Waals surface area contributed by atoms with Crippen LogP contribution in [0, 0.1) is 0 Å². The van der Waals surface area contributed by atoms with Crippen LogP contribution in [0.25, 0.3) is 0 Å². The maximum atomic E-state index is 12.6. The molecule has 2 aromatic rings. The molecule has 0 bridgehead atoms. The van der Waals surface area contributed by atoms with Gasteiger partial charge in [0.2, 0.25) is 10.0 Å². The summed E-state index contributed by atoms with van der Waals surface area (Å²) in [6.07, 6.45) is -2.80. The first-order valence-electron chi connectivity index (χ1n) is 9.26. The van der Waals surface area contributed by atoms with Crippen molar-refractivity contribution in [3.63, 3.8) is 0 Å². The van der Waals surface area contributed by atoms with Gasteiger partial charge in [0.25, 0.3) is 0 Å². The predicted octanol–water partition coefficient (Wildman–Crippen LogP) is 1.86. The number of morpholine rings is 1. The van der Waals surface area contributed by atoms with Crippen LogP contribution in [0.15, 0.2) is 36.5 Å². The lowest BCUT2D eigenvalue weighted by Crippen LogP contribution is -2.36. The molecule has 2 heterocycles. The fraction of sp³-hybridized carbons (Fsp3) is 0.444. The lowest BCUT2D eigenvalue weighted by atomic mass is 10.1. The van der Waals surface area contributed by atoms with Crippen molar-refractivity contribution < 1.29 is 26.3 Å². The minimum atomic E-state index is -4.46. The van der Waals surface area contributed by atoms with Gasteiger partial charge in [0.15, 0.2) is 5.82 Å². The van der Waals surface area contributed by atoms with E-state index in [0.29, 0.717) is 19.0 Å². The number of halogens is 3. The van der Waals surface area contributed by atoms with E-state index in [2.05, 4.69) is 25.1 Å². The third kappa shape index (κ3) is 6.54. The molecule has 0 atom stereocenters. The van der Waals surface area contributed by atoms with Crippen LogP contribution in [0.1, 0.15) is 11.1 Å². The van der Waals surface area contributed by atoms with Crippen LogP contribution >= 0.6 is 0 Å². The number of ether oxygens (including phenoxy) is 1. The molecule has 12 heteroatoms. The second-order valence-electron chi connectivity index (χ2n) is 6.67. The molecule has 1 fully saturated rings. The minimum absolute atomic E-state index is 0.0897. The van der Waals surface area contributed by atoms with Gasteiger partial charge in [-0.05, 0) is 17.7 Å². The van der Waals surface area contributed by atoms with Crippen LogP contribution in [0.3, 0.4) is 0 Å². The van der Waals surface area contributed by atoms with Crippen molar-refractivity contribution in [1.29, 1.82) is 0 Å². The van der Waals surface area contributed by atoms with Gasteiger partial charge >= 0.3 is 6.18 Å². The molecule has 1 aromatic carbocycles. The lowest BCUT2D eigenvalue weighted by molar-refractivity contribution is -0.137. The van der Waals surface area contributed by atoms with Gasteiger partial charge < -0.3 is 15.0 Å². The zero-order chi connectivity index (χ0) is 21.6. The molecular formula is C18H22F3N5O3S. The molecule has 30 heavy (non-hydrogen) atoms. The summed E-state index contributed by atoms with van der Waals surface area (Å²) in [5.74, 6) is 0.109. The first kappa shape index (κ1) is 22.2. The molecule has 1 aliphatic rings. The summed E-state index contributed by atoms with van der Waals surface area (Å²) in [6.45, 7) is 3.17. The van der Waals surface area contributed by atoms with Crippen molar-refractivity contribution >= 4 is 21.5 Å². The van der Waals surface area contributed by atoms with Gasteiger partial charge in [-0.2, -0.15) is 18.3 Å². The third-order valence-corrected chi connectivity index (χ3v) is 5.76. The Morgan fingerprint density at radius 1 is 1.10 bits per heavy atom. The quantitative estimate of drug-likeness (QED) is 0.599. The molecule has 0 unspecified atom stereocenters. The highest BCUT2D eigenvalue weighted by molar-refractivity contribution is 7.88. The first-order valence-corrected chi connectivity index (χ1v) is 10.9. The van der Waals surface area contributed by atoms with Crippen molar-refractivity contribution in [2.45, 2.75) is 11.9 Å². The van der Waals surface area contributed by atoms with E-state index in [1.165, 1.54) is 0 Å². The monoisotopic (exact) mass is 445 g/mol. The zero-order valence-corrected chi connectivity index (χ0v) is 16.8. The average Bonchev–Trinajstić information content (AvgIpc) is 2.72. The van der Waals surface area contributed by atoms with Crippen LogP contribution < -0.4 is 14.9 Å². The molecule has 0 saturated carbocycles. The van der Waals surface area contributed by atoms with Crippen LogP contribution in [-0.2, 0) is 26.7 Å². The highest BCUT2D eigenvalue weighted by Crippen LogP contribution is 2.29.